The first-order valence-electron chi connectivity index (χ1n) is 5.04. The minimum Gasteiger partial charge on any atom is -0.319 e. The molecule has 0 bridgehead atoms. The first-order chi connectivity index (χ1) is 6.96. The van der Waals surface area contributed by atoms with Crippen LogP contribution in [0.2, 0.25) is 0 Å². The van der Waals surface area contributed by atoms with Crippen molar-refractivity contribution < 1.29 is 4.39 Å². The number of halogens is 2. The molecule has 0 amide bonds. The van der Waals surface area contributed by atoms with Crippen molar-refractivity contribution in [2.45, 2.75) is 20.3 Å². The van der Waals surface area contributed by atoms with Crippen molar-refractivity contribution >= 4 is 15.9 Å². The van der Waals surface area contributed by atoms with Crippen molar-refractivity contribution in [2.24, 2.45) is 5.41 Å². The van der Waals surface area contributed by atoms with Crippen LogP contribution in [-0.4, -0.2) is 13.6 Å². The molecule has 0 radical (unpaired) electrons. The van der Waals surface area contributed by atoms with Gasteiger partial charge in [0, 0.05) is 6.54 Å². The van der Waals surface area contributed by atoms with E-state index in [2.05, 4.69) is 35.1 Å². The highest BCUT2D eigenvalue weighted by Gasteiger charge is 2.19. The number of hydrogen-bond acceptors (Lipinski definition) is 1. The van der Waals surface area contributed by atoms with Gasteiger partial charge in [0.05, 0.1) is 4.47 Å². The van der Waals surface area contributed by atoms with Crippen LogP contribution in [0.25, 0.3) is 0 Å². The molecule has 0 heterocycles. The van der Waals surface area contributed by atoms with Crippen LogP contribution in [0, 0.1) is 11.2 Å². The predicted molar refractivity (Wildman–Crippen MR) is 65.5 cm³/mol. The summed E-state index contributed by atoms with van der Waals surface area (Å²) in [6.07, 6.45) is 0.853. The van der Waals surface area contributed by atoms with Crippen molar-refractivity contribution in [1.29, 1.82) is 0 Å². The minimum absolute atomic E-state index is 0.130. The van der Waals surface area contributed by atoms with E-state index in [9.17, 15) is 4.39 Å². The standard InChI is InChI=1S/C12H17BrFN/c1-12(2,8-15-3)7-9-5-4-6-10(14)11(9)13/h4-6,15H,7-8H2,1-3H3. The first-order valence-corrected chi connectivity index (χ1v) is 5.83. The second-order valence-electron chi connectivity index (χ2n) is 4.58. The summed E-state index contributed by atoms with van der Waals surface area (Å²) < 4.78 is 13.9. The lowest BCUT2D eigenvalue weighted by molar-refractivity contribution is 0.349. The molecule has 0 saturated heterocycles. The summed E-state index contributed by atoms with van der Waals surface area (Å²) in [6, 6.07) is 5.19. The van der Waals surface area contributed by atoms with Crippen LogP contribution in [0.1, 0.15) is 19.4 Å². The van der Waals surface area contributed by atoms with Crippen molar-refractivity contribution in [3.05, 3.63) is 34.1 Å². The Morgan fingerprint density at radius 1 is 1.40 bits per heavy atom. The highest BCUT2D eigenvalue weighted by Crippen LogP contribution is 2.27. The van der Waals surface area contributed by atoms with Gasteiger partial charge < -0.3 is 5.32 Å². The second kappa shape index (κ2) is 5.08. The van der Waals surface area contributed by atoms with E-state index in [1.54, 1.807) is 6.07 Å². The summed E-state index contributed by atoms with van der Waals surface area (Å²) >= 11 is 3.29. The first kappa shape index (κ1) is 12.7. The average Bonchev–Trinajstić information content (AvgIpc) is 2.12. The Labute approximate surface area is 99.2 Å². The lowest BCUT2D eigenvalue weighted by Crippen LogP contribution is -2.28. The zero-order valence-electron chi connectivity index (χ0n) is 9.40. The molecule has 1 aromatic rings. The molecule has 0 aliphatic rings. The van der Waals surface area contributed by atoms with Gasteiger partial charge in [-0.15, -0.1) is 0 Å². The highest BCUT2D eigenvalue weighted by molar-refractivity contribution is 9.10. The van der Waals surface area contributed by atoms with Crippen LogP contribution in [0.4, 0.5) is 4.39 Å². The summed E-state index contributed by atoms with van der Waals surface area (Å²) in [5, 5.41) is 3.15. The molecular formula is C12H17BrFN. The zero-order valence-corrected chi connectivity index (χ0v) is 11.0. The van der Waals surface area contributed by atoms with Gasteiger partial charge in [0.2, 0.25) is 0 Å². The summed E-state index contributed by atoms with van der Waals surface area (Å²) in [5.74, 6) is -0.187. The van der Waals surface area contributed by atoms with E-state index in [4.69, 9.17) is 0 Å². The Bertz CT molecular complexity index is 336. The van der Waals surface area contributed by atoms with Crippen LogP contribution >= 0.6 is 15.9 Å². The lowest BCUT2D eigenvalue weighted by atomic mass is 9.86. The topological polar surface area (TPSA) is 12.0 Å². The van der Waals surface area contributed by atoms with Crippen molar-refractivity contribution in [3.63, 3.8) is 0 Å². The van der Waals surface area contributed by atoms with Gasteiger partial charge in [-0.1, -0.05) is 26.0 Å². The Hall–Kier alpha value is -0.410. The fraction of sp³-hybridized carbons (Fsp3) is 0.500. The SMILES string of the molecule is CNCC(C)(C)Cc1cccc(F)c1Br. The largest absolute Gasteiger partial charge is 0.319 e. The van der Waals surface area contributed by atoms with Gasteiger partial charge in [-0.3, -0.25) is 0 Å². The lowest BCUT2D eigenvalue weighted by Gasteiger charge is -2.24. The maximum Gasteiger partial charge on any atom is 0.137 e. The molecule has 15 heavy (non-hydrogen) atoms. The predicted octanol–water partition coefficient (Wildman–Crippen LogP) is 3.38. The fourth-order valence-corrected chi connectivity index (χ4v) is 2.15. The van der Waals surface area contributed by atoms with Crippen LogP contribution in [-0.2, 0) is 6.42 Å². The van der Waals surface area contributed by atoms with E-state index < -0.39 is 0 Å². The molecule has 0 atom stereocenters. The van der Waals surface area contributed by atoms with E-state index in [0.29, 0.717) is 4.47 Å². The number of benzene rings is 1. The maximum absolute atomic E-state index is 13.3. The number of nitrogens with one attached hydrogen (secondary N) is 1. The third-order valence-corrected chi connectivity index (χ3v) is 3.24. The molecule has 84 valence electrons. The Kier molecular flexibility index (Phi) is 4.29. The molecule has 0 fully saturated rings. The number of hydrogen-bond donors (Lipinski definition) is 1. The number of rotatable bonds is 4. The van der Waals surface area contributed by atoms with Crippen LogP contribution in [0.3, 0.4) is 0 Å². The normalized spacial score (nSPS) is 11.8. The highest BCUT2D eigenvalue weighted by atomic mass is 79.9. The smallest absolute Gasteiger partial charge is 0.137 e. The Morgan fingerprint density at radius 3 is 2.67 bits per heavy atom. The van der Waals surface area contributed by atoms with Crippen molar-refractivity contribution in [2.75, 3.05) is 13.6 Å². The molecule has 1 nitrogen and oxygen atoms in total. The maximum atomic E-state index is 13.3. The summed E-state index contributed by atoms with van der Waals surface area (Å²) in [7, 11) is 1.93. The molecule has 0 spiro atoms. The third kappa shape index (κ3) is 3.58. The third-order valence-electron chi connectivity index (χ3n) is 2.36. The molecule has 1 N–H and O–H groups in total. The second-order valence-corrected chi connectivity index (χ2v) is 5.38. The molecule has 0 aromatic heterocycles. The van der Waals surface area contributed by atoms with Gasteiger partial charge in [-0.2, -0.15) is 0 Å². The van der Waals surface area contributed by atoms with Gasteiger partial charge >= 0.3 is 0 Å². The molecular weight excluding hydrogens is 257 g/mol. The van der Waals surface area contributed by atoms with Gasteiger partial charge in [0.1, 0.15) is 5.82 Å². The monoisotopic (exact) mass is 273 g/mol. The van der Waals surface area contributed by atoms with Crippen LogP contribution in [0.5, 0.6) is 0 Å². The van der Waals surface area contributed by atoms with Crippen LogP contribution < -0.4 is 5.32 Å². The quantitative estimate of drug-likeness (QED) is 0.887. The average molecular weight is 274 g/mol. The van der Waals surface area contributed by atoms with Gasteiger partial charge in [-0.25, -0.2) is 4.39 Å². The molecule has 0 unspecified atom stereocenters. The molecule has 1 aromatic carbocycles. The molecule has 0 saturated carbocycles. The fourth-order valence-electron chi connectivity index (χ4n) is 1.74. The van der Waals surface area contributed by atoms with Crippen LogP contribution in [0.15, 0.2) is 22.7 Å². The van der Waals surface area contributed by atoms with Crippen molar-refractivity contribution in [3.8, 4) is 0 Å². The molecule has 0 aliphatic carbocycles. The van der Waals surface area contributed by atoms with E-state index in [1.165, 1.54) is 6.07 Å². The summed E-state index contributed by atoms with van der Waals surface area (Å²) in [4.78, 5) is 0. The Balaban J connectivity index is 2.85. The zero-order chi connectivity index (χ0) is 11.5. The van der Waals surface area contributed by atoms with E-state index in [-0.39, 0.29) is 11.2 Å². The van der Waals surface area contributed by atoms with Gasteiger partial charge in [-0.05, 0) is 46.4 Å². The van der Waals surface area contributed by atoms with Crippen molar-refractivity contribution in [1.82, 2.24) is 5.32 Å². The van der Waals surface area contributed by atoms with Gasteiger partial charge in [0.25, 0.3) is 0 Å². The van der Waals surface area contributed by atoms with E-state index >= 15 is 0 Å². The minimum atomic E-state index is -0.187. The summed E-state index contributed by atoms with van der Waals surface area (Å²) in [5.41, 5.74) is 1.15. The molecule has 3 heteroatoms. The van der Waals surface area contributed by atoms with E-state index in [1.807, 2.05) is 13.1 Å². The molecule has 0 aliphatic heterocycles. The molecule has 1 rings (SSSR count). The van der Waals surface area contributed by atoms with E-state index in [0.717, 1.165) is 18.5 Å². The van der Waals surface area contributed by atoms with Gasteiger partial charge in [0.15, 0.2) is 0 Å². The summed E-state index contributed by atoms with van der Waals surface area (Å²) in [6.45, 7) is 5.25. The Morgan fingerprint density at radius 2 is 2.07 bits per heavy atom.